The van der Waals surface area contributed by atoms with Crippen molar-refractivity contribution >= 4 is 33.4 Å². The second kappa shape index (κ2) is 5.85. The van der Waals surface area contributed by atoms with E-state index < -0.39 is 0 Å². The fourth-order valence-electron chi connectivity index (χ4n) is 2.93. The second-order valence-corrected chi connectivity index (χ2v) is 5.79. The summed E-state index contributed by atoms with van der Waals surface area (Å²) in [6.07, 6.45) is 4.07. The first-order chi connectivity index (χ1) is 11.7. The van der Waals surface area contributed by atoms with E-state index in [-0.39, 0.29) is 11.7 Å². The van der Waals surface area contributed by atoms with E-state index in [1.807, 2.05) is 47.3 Å². The molecule has 2 N–H and O–H groups in total. The van der Waals surface area contributed by atoms with Gasteiger partial charge in [0.15, 0.2) is 0 Å². The molecule has 0 fully saturated rings. The van der Waals surface area contributed by atoms with Crippen LogP contribution >= 0.6 is 0 Å². The van der Waals surface area contributed by atoms with E-state index in [2.05, 4.69) is 10.3 Å². The maximum absolute atomic E-state index is 13.4. The number of aryl methyl sites for hydroxylation is 1. The average Bonchev–Trinajstić information content (AvgIpc) is 3.18. The van der Waals surface area contributed by atoms with Crippen LogP contribution in [-0.2, 0) is 11.3 Å². The van der Waals surface area contributed by atoms with Crippen LogP contribution in [0.25, 0.3) is 21.8 Å². The molecule has 0 saturated carbocycles. The number of carbonyl (C=O) groups is 1. The zero-order chi connectivity index (χ0) is 16.5. The Morgan fingerprint density at radius 1 is 1.08 bits per heavy atom. The molecule has 5 heteroatoms. The number of anilines is 1. The number of halogens is 1. The Kier molecular flexibility index (Phi) is 3.54. The quantitative estimate of drug-likeness (QED) is 0.579. The summed E-state index contributed by atoms with van der Waals surface area (Å²) in [5, 5.41) is 4.93. The lowest BCUT2D eigenvalue weighted by molar-refractivity contribution is -0.116. The molecular weight excluding hydrogens is 305 g/mol. The lowest BCUT2D eigenvalue weighted by Crippen LogP contribution is -2.14. The maximum atomic E-state index is 13.4. The van der Waals surface area contributed by atoms with Gasteiger partial charge in [0, 0.05) is 41.9 Å². The molecule has 0 saturated heterocycles. The molecule has 24 heavy (non-hydrogen) atoms. The normalized spacial score (nSPS) is 11.2. The molecule has 0 unspecified atom stereocenters. The number of aromatic amines is 1. The highest BCUT2D eigenvalue weighted by atomic mass is 19.1. The molecule has 2 aromatic carbocycles. The van der Waals surface area contributed by atoms with E-state index in [4.69, 9.17) is 0 Å². The maximum Gasteiger partial charge on any atom is 0.226 e. The van der Waals surface area contributed by atoms with E-state index in [9.17, 15) is 9.18 Å². The Morgan fingerprint density at radius 3 is 2.92 bits per heavy atom. The monoisotopic (exact) mass is 321 g/mol. The summed E-state index contributed by atoms with van der Waals surface area (Å²) in [6.45, 7) is 0.505. The number of H-pyrrole nitrogens is 1. The molecule has 4 rings (SSSR count). The summed E-state index contributed by atoms with van der Waals surface area (Å²) in [4.78, 5) is 15.3. The van der Waals surface area contributed by atoms with E-state index >= 15 is 0 Å². The second-order valence-electron chi connectivity index (χ2n) is 5.79. The third kappa shape index (κ3) is 2.76. The van der Waals surface area contributed by atoms with E-state index in [1.165, 1.54) is 12.1 Å². The van der Waals surface area contributed by atoms with Crippen LogP contribution in [0.15, 0.2) is 60.9 Å². The van der Waals surface area contributed by atoms with Crippen molar-refractivity contribution in [3.05, 3.63) is 66.7 Å². The van der Waals surface area contributed by atoms with Crippen LogP contribution < -0.4 is 5.32 Å². The van der Waals surface area contributed by atoms with Crippen molar-refractivity contribution < 1.29 is 9.18 Å². The van der Waals surface area contributed by atoms with Gasteiger partial charge in [-0.2, -0.15) is 0 Å². The van der Waals surface area contributed by atoms with Crippen molar-refractivity contribution in [3.63, 3.8) is 0 Å². The van der Waals surface area contributed by atoms with Crippen molar-refractivity contribution in [2.75, 3.05) is 5.32 Å². The van der Waals surface area contributed by atoms with Gasteiger partial charge in [-0.25, -0.2) is 4.39 Å². The van der Waals surface area contributed by atoms with Gasteiger partial charge in [0.25, 0.3) is 0 Å². The van der Waals surface area contributed by atoms with Crippen LogP contribution in [-0.4, -0.2) is 15.5 Å². The number of nitrogens with one attached hydrogen (secondary N) is 2. The van der Waals surface area contributed by atoms with Crippen LogP contribution in [0, 0.1) is 5.82 Å². The standard InChI is InChI=1S/C19H16FN3O/c20-15-2-1-13-6-9-23(18(13)12-15)10-7-19(24)22-16-3-4-17-14(11-16)5-8-21-17/h1-6,8-9,11-12,21H,7,10H2,(H,22,24). The molecule has 0 radical (unpaired) electrons. The minimum Gasteiger partial charge on any atom is -0.361 e. The van der Waals surface area contributed by atoms with Gasteiger partial charge < -0.3 is 14.9 Å². The first-order valence-corrected chi connectivity index (χ1v) is 7.80. The molecule has 4 nitrogen and oxygen atoms in total. The van der Waals surface area contributed by atoms with Gasteiger partial charge in [0.1, 0.15) is 5.82 Å². The summed E-state index contributed by atoms with van der Waals surface area (Å²) in [5.74, 6) is -0.338. The Hall–Kier alpha value is -3.08. The molecule has 120 valence electrons. The number of hydrogen-bond donors (Lipinski definition) is 2. The van der Waals surface area contributed by atoms with Gasteiger partial charge >= 0.3 is 0 Å². The zero-order valence-corrected chi connectivity index (χ0v) is 12.9. The van der Waals surface area contributed by atoms with Crippen LogP contribution in [0.2, 0.25) is 0 Å². The number of fused-ring (bicyclic) bond motifs is 2. The van der Waals surface area contributed by atoms with Crippen molar-refractivity contribution in [3.8, 4) is 0 Å². The summed E-state index contributed by atoms with van der Waals surface area (Å²) in [7, 11) is 0. The van der Waals surface area contributed by atoms with E-state index in [0.717, 1.165) is 27.5 Å². The van der Waals surface area contributed by atoms with Gasteiger partial charge in [0.2, 0.25) is 5.91 Å². The Balaban J connectivity index is 1.44. The highest BCUT2D eigenvalue weighted by Crippen LogP contribution is 2.19. The molecule has 0 atom stereocenters. The Morgan fingerprint density at radius 2 is 2.00 bits per heavy atom. The number of rotatable bonds is 4. The lowest BCUT2D eigenvalue weighted by atomic mass is 10.2. The number of amides is 1. The predicted molar refractivity (Wildman–Crippen MR) is 93.4 cm³/mol. The SMILES string of the molecule is O=C(CCn1ccc2ccc(F)cc21)Nc1ccc2[nH]ccc2c1. The van der Waals surface area contributed by atoms with Gasteiger partial charge in [-0.1, -0.05) is 0 Å². The minimum absolute atomic E-state index is 0.0665. The summed E-state index contributed by atoms with van der Waals surface area (Å²) < 4.78 is 15.3. The number of nitrogens with zero attached hydrogens (tertiary/aromatic N) is 1. The van der Waals surface area contributed by atoms with Crippen LogP contribution in [0.1, 0.15) is 6.42 Å². The lowest BCUT2D eigenvalue weighted by Gasteiger charge is -2.07. The van der Waals surface area contributed by atoms with Crippen LogP contribution in [0.3, 0.4) is 0 Å². The van der Waals surface area contributed by atoms with Crippen LogP contribution in [0.5, 0.6) is 0 Å². The summed E-state index contributed by atoms with van der Waals surface area (Å²) in [5.41, 5.74) is 2.61. The molecular formula is C19H16FN3O. The van der Waals surface area contributed by atoms with Crippen molar-refractivity contribution in [1.82, 2.24) is 9.55 Å². The number of aromatic nitrogens is 2. The minimum atomic E-state index is -0.272. The molecule has 0 bridgehead atoms. The van der Waals surface area contributed by atoms with Gasteiger partial charge in [-0.15, -0.1) is 0 Å². The summed E-state index contributed by atoms with van der Waals surface area (Å²) >= 11 is 0. The topological polar surface area (TPSA) is 49.8 Å². The molecule has 0 aliphatic heterocycles. The molecule has 2 aromatic heterocycles. The highest BCUT2D eigenvalue weighted by Gasteiger charge is 2.07. The number of benzene rings is 2. The van der Waals surface area contributed by atoms with Gasteiger partial charge in [0.05, 0.1) is 5.52 Å². The van der Waals surface area contributed by atoms with Crippen LogP contribution in [0.4, 0.5) is 10.1 Å². The first-order valence-electron chi connectivity index (χ1n) is 7.80. The third-order valence-corrected chi connectivity index (χ3v) is 4.15. The molecule has 0 spiro atoms. The van der Waals surface area contributed by atoms with E-state index in [1.54, 1.807) is 6.07 Å². The molecule has 0 aliphatic rings. The Labute approximate surface area is 137 Å². The fourth-order valence-corrected chi connectivity index (χ4v) is 2.93. The number of carbonyl (C=O) groups excluding carboxylic acids is 1. The Bertz CT molecular complexity index is 1030. The average molecular weight is 321 g/mol. The third-order valence-electron chi connectivity index (χ3n) is 4.15. The van der Waals surface area contributed by atoms with Crippen molar-refractivity contribution in [1.29, 1.82) is 0 Å². The first kappa shape index (κ1) is 14.5. The largest absolute Gasteiger partial charge is 0.361 e. The molecule has 1 amide bonds. The fraction of sp³-hybridized carbons (Fsp3) is 0.105. The highest BCUT2D eigenvalue weighted by molar-refractivity contribution is 5.93. The van der Waals surface area contributed by atoms with Gasteiger partial charge in [-0.05, 0) is 53.9 Å². The molecule has 0 aliphatic carbocycles. The zero-order valence-electron chi connectivity index (χ0n) is 12.9. The summed E-state index contributed by atoms with van der Waals surface area (Å²) in [6, 6.07) is 14.3. The molecule has 2 heterocycles. The predicted octanol–water partition coefficient (Wildman–Crippen LogP) is 4.29. The van der Waals surface area contributed by atoms with E-state index in [0.29, 0.717) is 13.0 Å². The van der Waals surface area contributed by atoms with Crippen molar-refractivity contribution in [2.45, 2.75) is 13.0 Å². The smallest absolute Gasteiger partial charge is 0.226 e. The van der Waals surface area contributed by atoms with Gasteiger partial charge in [-0.3, -0.25) is 4.79 Å². The number of hydrogen-bond acceptors (Lipinski definition) is 1. The van der Waals surface area contributed by atoms with Crippen molar-refractivity contribution in [2.24, 2.45) is 0 Å². The molecule has 4 aromatic rings.